The summed E-state index contributed by atoms with van der Waals surface area (Å²) in [7, 11) is 0. The van der Waals surface area contributed by atoms with Gasteiger partial charge in [0, 0.05) is 11.4 Å². The minimum Gasteiger partial charge on any atom is -0.320 e. The summed E-state index contributed by atoms with van der Waals surface area (Å²) >= 11 is 1.73. The molecule has 2 aliphatic rings. The average Bonchev–Trinajstić information content (AvgIpc) is 2.81. The highest BCUT2D eigenvalue weighted by Crippen LogP contribution is 2.46. The molecule has 0 bridgehead atoms. The summed E-state index contributed by atoms with van der Waals surface area (Å²) in [6.07, 6.45) is 3.13. The fourth-order valence-corrected chi connectivity index (χ4v) is 3.42. The fraction of sp³-hybridized carbons (Fsp3) is 0.667. The van der Waals surface area contributed by atoms with Crippen LogP contribution in [0.4, 0.5) is 0 Å². The van der Waals surface area contributed by atoms with Crippen molar-refractivity contribution in [1.82, 2.24) is 10.2 Å². The van der Waals surface area contributed by atoms with E-state index in [9.17, 15) is 4.79 Å². The molecule has 1 aliphatic heterocycles. The second-order valence-corrected chi connectivity index (χ2v) is 7.93. The molecule has 1 unspecified atom stereocenters. The lowest BCUT2D eigenvalue weighted by Crippen LogP contribution is -2.34. The Morgan fingerprint density at radius 1 is 1.47 bits per heavy atom. The second-order valence-electron chi connectivity index (χ2n) is 6.95. The minimum atomic E-state index is -0.216. The van der Waals surface area contributed by atoms with Gasteiger partial charge in [0.25, 0.3) is 0 Å². The Labute approximate surface area is 119 Å². The van der Waals surface area contributed by atoms with Gasteiger partial charge in [-0.1, -0.05) is 26.8 Å². The smallest absolute Gasteiger partial charge is 0.244 e. The molecule has 2 heterocycles. The highest BCUT2D eigenvalue weighted by atomic mass is 32.1. The second kappa shape index (κ2) is 4.32. The van der Waals surface area contributed by atoms with E-state index >= 15 is 0 Å². The van der Waals surface area contributed by atoms with Gasteiger partial charge in [0.15, 0.2) is 0 Å². The van der Waals surface area contributed by atoms with E-state index in [-0.39, 0.29) is 17.1 Å². The molecule has 1 saturated carbocycles. The SMILES string of the molecule is CC(C)(C)CCN1C(=O)C2(CC2)NC1c1cccs1. The first-order valence-corrected chi connectivity index (χ1v) is 7.91. The molecule has 2 fully saturated rings. The predicted octanol–water partition coefficient (Wildman–Crippen LogP) is 3.15. The highest BCUT2D eigenvalue weighted by molar-refractivity contribution is 7.10. The van der Waals surface area contributed by atoms with Gasteiger partial charge < -0.3 is 4.90 Å². The van der Waals surface area contributed by atoms with Crippen LogP contribution < -0.4 is 5.32 Å². The van der Waals surface area contributed by atoms with E-state index in [4.69, 9.17) is 0 Å². The summed E-state index contributed by atoms with van der Waals surface area (Å²) in [6, 6.07) is 4.19. The van der Waals surface area contributed by atoms with Crippen LogP contribution in [0.25, 0.3) is 0 Å². The van der Waals surface area contributed by atoms with E-state index in [1.165, 1.54) is 4.88 Å². The summed E-state index contributed by atoms with van der Waals surface area (Å²) < 4.78 is 0. The van der Waals surface area contributed by atoms with Crippen molar-refractivity contribution in [1.29, 1.82) is 0 Å². The zero-order valence-corrected chi connectivity index (χ0v) is 12.7. The molecule has 1 atom stereocenters. The summed E-state index contributed by atoms with van der Waals surface area (Å²) in [5.74, 6) is 0.315. The Kier molecular flexibility index (Phi) is 2.98. The zero-order valence-electron chi connectivity index (χ0n) is 11.9. The normalized spacial score (nSPS) is 25.3. The maximum atomic E-state index is 12.6. The first-order valence-electron chi connectivity index (χ1n) is 7.04. The summed E-state index contributed by atoms with van der Waals surface area (Å²) in [4.78, 5) is 15.9. The van der Waals surface area contributed by atoms with Gasteiger partial charge in [-0.3, -0.25) is 10.1 Å². The van der Waals surface area contributed by atoms with E-state index < -0.39 is 0 Å². The van der Waals surface area contributed by atoms with Crippen LogP contribution in [0.15, 0.2) is 17.5 Å². The van der Waals surface area contributed by atoms with E-state index in [0.29, 0.717) is 5.91 Å². The number of carbonyl (C=O) groups is 1. The molecule has 1 aromatic rings. The molecule has 0 aromatic carbocycles. The van der Waals surface area contributed by atoms with E-state index in [2.05, 4.69) is 48.5 Å². The molecule has 3 nitrogen and oxygen atoms in total. The van der Waals surface area contributed by atoms with Crippen LogP contribution in [0.5, 0.6) is 0 Å². The molecule has 1 aliphatic carbocycles. The molecule has 1 spiro atoms. The lowest BCUT2D eigenvalue weighted by atomic mass is 9.92. The van der Waals surface area contributed by atoms with Crippen molar-refractivity contribution in [2.24, 2.45) is 5.41 Å². The third-order valence-corrected chi connectivity index (χ3v) is 4.99. The number of rotatable bonds is 3. The third-order valence-electron chi connectivity index (χ3n) is 4.06. The molecule has 104 valence electrons. The molecule has 1 amide bonds. The van der Waals surface area contributed by atoms with Crippen LogP contribution in [0.1, 0.15) is 51.1 Å². The molecule has 1 N–H and O–H groups in total. The van der Waals surface area contributed by atoms with Crippen LogP contribution >= 0.6 is 11.3 Å². The third kappa shape index (κ3) is 2.43. The van der Waals surface area contributed by atoms with Gasteiger partial charge in [-0.05, 0) is 36.1 Å². The number of hydrogen-bond donors (Lipinski definition) is 1. The monoisotopic (exact) mass is 278 g/mol. The maximum absolute atomic E-state index is 12.6. The van der Waals surface area contributed by atoms with Gasteiger partial charge in [0.1, 0.15) is 11.7 Å². The minimum absolute atomic E-state index is 0.0948. The summed E-state index contributed by atoms with van der Waals surface area (Å²) in [5.41, 5.74) is 0.0477. The first kappa shape index (κ1) is 13.1. The van der Waals surface area contributed by atoms with Crippen LogP contribution in [0.3, 0.4) is 0 Å². The topological polar surface area (TPSA) is 32.3 Å². The Hall–Kier alpha value is -0.870. The lowest BCUT2D eigenvalue weighted by Gasteiger charge is -2.27. The summed E-state index contributed by atoms with van der Waals surface area (Å²) in [5, 5.41) is 5.65. The Balaban J connectivity index is 1.79. The first-order chi connectivity index (χ1) is 8.91. The van der Waals surface area contributed by atoms with Crippen molar-refractivity contribution in [2.45, 2.75) is 51.7 Å². The van der Waals surface area contributed by atoms with E-state index in [1.807, 2.05) is 0 Å². The van der Waals surface area contributed by atoms with Crippen molar-refractivity contribution in [3.63, 3.8) is 0 Å². The average molecular weight is 278 g/mol. The van der Waals surface area contributed by atoms with Gasteiger partial charge >= 0.3 is 0 Å². The van der Waals surface area contributed by atoms with Gasteiger partial charge in [-0.15, -0.1) is 11.3 Å². The van der Waals surface area contributed by atoms with Crippen LogP contribution in [-0.4, -0.2) is 22.9 Å². The molecule has 0 radical (unpaired) electrons. The number of carbonyl (C=O) groups excluding carboxylic acids is 1. The molecule has 1 aromatic heterocycles. The van der Waals surface area contributed by atoms with E-state index in [1.54, 1.807) is 11.3 Å². The van der Waals surface area contributed by atoms with Crippen molar-refractivity contribution in [2.75, 3.05) is 6.54 Å². The predicted molar refractivity (Wildman–Crippen MR) is 77.9 cm³/mol. The molecule has 1 saturated heterocycles. The number of hydrogen-bond acceptors (Lipinski definition) is 3. The summed E-state index contributed by atoms with van der Waals surface area (Å²) in [6.45, 7) is 7.54. The maximum Gasteiger partial charge on any atom is 0.244 e. The van der Waals surface area contributed by atoms with Crippen molar-refractivity contribution in [3.8, 4) is 0 Å². The van der Waals surface area contributed by atoms with Crippen molar-refractivity contribution < 1.29 is 4.79 Å². The van der Waals surface area contributed by atoms with Crippen molar-refractivity contribution >= 4 is 17.2 Å². The van der Waals surface area contributed by atoms with Gasteiger partial charge in [-0.25, -0.2) is 0 Å². The Bertz CT molecular complexity index is 471. The quantitative estimate of drug-likeness (QED) is 0.921. The van der Waals surface area contributed by atoms with Gasteiger partial charge in [0.2, 0.25) is 5.91 Å². The number of nitrogens with zero attached hydrogens (tertiary/aromatic N) is 1. The van der Waals surface area contributed by atoms with Gasteiger partial charge in [-0.2, -0.15) is 0 Å². The lowest BCUT2D eigenvalue weighted by molar-refractivity contribution is -0.131. The number of nitrogens with one attached hydrogen (secondary N) is 1. The highest BCUT2D eigenvalue weighted by Gasteiger charge is 2.59. The molecule has 4 heteroatoms. The Morgan fingerprint density at radius 3 is 2.74 bits per heavy atom. The Morgan fingerprint density at radius 2 is 2.21 bits per heavy atom. The van der Waals surface area contributed by atoms with Gasteiger partial charge in [0.05, 0.1) is 0 Å². The van der Waals surface area contributed by atoms with Crippen molar-refractivity contribution in [3.05, 3.63) is 22.4 Å². The molecular weight excluding hydrogens is 256 g/mol. The molecule has 19 heavy (non-hydrogen) atoms. The van der Waals surface area contributed by atoms with Crippen LogP contribution in [0.2, 0.25) is 0 Å². The molecular formula is C15H22N2OS. The molecule has 3 rings (SSSR count). The zero-order chi connectivity index (χ0) is 13.7. The standard InChI is InChI=1S/C15H22N2OS/c1-14(2,3)8-9-17-12(11-5-4-10-19-11)16-15(6-7-15)13(17)18/h4-5,10,12,16H,6-9H2,1-3H3. The number of amides is 1. The van der Waals surface area contributed by atoms with E-state index in [0.717, 1.165) is 25.8 Å². The number of thiophene rings is 1. The van der Waals surface area contributed by atoms with Crippen LogP contribution in [0, 0.1) is 5.41 Å². The van der Waals surface area contributed by atoms with Crippen LogP contribution in [-0.2, 0) is 4.79 Å². The fourth-order valence-electron chi connectivity index (χ4n) is 2.63. The largest absolute Gasteiger partial charge is 0.320 e.